The van der Waals surface area contributed by atoms with Crippen LogP contribution >= 0.6 is 0 Å². The fourth-order valence-corrected chi connectivity index (χ4v) is 2.41. The van der Waals surface area contributed by atoms with E-state index in [-0.39, 0.29) is 30.5 Å². The maximum Gasteiger partial charge on any atom is 0.310 e. The molecule has 7 heteroatoms. The van der Waals surface area contributed by atoms with Crippen LogP contribution in [0.15, 0.2) is 24.3 Å². The number of aliphatic hydroxyl groups excluding tert-OH is 1. The highest BCUT2D eigenvalue weighted by Gasteiger charge is 2.17. The van der Waals surface area contributed by atoms with E-state index in [1.54, 1.807) is 12.1 Å². The summed E-state index contributed by atoms with van der Waals surface area (Å²) >= 11 is 0. The second-order valence-corrected chi connectivity index (χ2v) is 5.08. The van der Waals surface area contributed by atoms with Gasteiger partial charge in [0, 0.05) is 18.7 Å². The highest BCUT2D eigenvalue weighted by Crippen LogP contribution is 2.25. The summed E-state index contributed by atoms with van der Waals surface area (Å²) in [7, 11) is 0. The van der Waals surface area contributed by atoms with Crippen LogP contribution in [0.1, 0.15) is 25.7 Å². The van der Waals surface area contributed by atoms with Gasteiger partial charge in [0.2, 0.25) is 0 Å². The maximum atomic E-state index is 10.8. The molecule has 1 atom stereocenters. The number of para-hydroxylation sites is 2. The summed E-state index contributed by atoms with van der Waals surface area (Å²) in [6.45, 7) is 0.496. The Balaban J connectivity index is 0.00000220. The zero-order valence-corrected chi connectivity index (χ0v) is 12.5. The van der Waals surface area contributed by atoms with Crippen molar-refractivity contribution in [2.45, 2.75) is 37.8 Å². The minimum atomic E-state index is -0.671. The first kappa shape index (κ1) is 17.7. The maximum absolute atomic E-state index is 10.8. The van der Waals surface area contributed by atoms with Gasteiger partial charge < -0.3 is 27.6 Å². The largest absolute Gasteiger partial charge is 1.00 e. The van der Waals surface area contributed by atoms with Gasteiger partial charge in [-0.15, -0.1) is 0 Å². The van der Waals surface area contributed by atoms with Gasteiger partial charge in [-0.25, -0.2) is 0 Å². The van der Waals surface area contributed by atoms with Crippen molar-refractivity contribution in [2.75, 3.05) is 13.2 Å². The van der Waals surface area contributed by atoms with Gasteiger partial charge in [-0.1, -0.05) is 25.0 Å². The molecule has 1 saturated carbocycles. The fraction of sp³-hybridized carbons (Fsp3) is 0.571. The van der Waals surface area contributed by atoms with E-state index in [1.807, 2.05) is 0 Å². The second kappa shape index (κ2) is 8.81. The van der Waals surface area contributed by atoms with Crippen LogP contribution in [0.25, 0.3) is 0 Å². The number of ether oxygens (including phenoxy) is 1. The molecule has 2 rings (SSSR count). The van der Waals surface area contributed by atoms with Gasteiger partial charge in [0.15, 0.2) is 5.75 Å². The molecule has 1 aromatic carbocycles. The summed E-state index contributed by atoms with van der Waals surface area (Å²) in [5.74, 6) is 0.192. The van der Waals surface area contributed by atoms with Crippen molar-refractivity contribution in [3.8, 4) is 5.75 Å². The van der Waals surface area contributed by atoms with E-state index >= 15 is 0 Å². The van der Waals surface area contributed by atoms with E-state index in [1.165, 1.54) is 25.0 Å². The third-order valence-corrected chi connectivity index (χ3v) is 3.49. The molecule has 1 aliphatic carbocycles. The number of nitrogens with zero attached hydrogens (tertiary/aromatic N) is 1. The molecule has 0 aliphatic heterocycles. The van der Waals surface area contributed by atoms with Crippen molar-refractivity contribution in [3.63, 3.8) is 0 Å². The first-order valence-corrected chi connectivity index (χ1v) is 6.94. The summed E-state index contributed by atoms with van der Waals surface area (Å²) in [4.78, 5) is 10.3. The highest BCUT2D eigenvalue weighted by atomic mass is 35.5. The smallest absolute Gasteiger partial charge is 0.310 e. The van der Waals surface area contributed by atoms with Crippen molar-refractivity contribution >= 4 is 5.69 Å². The predicted octanol–water partition coefficient (Wildman–Crippen LogP) is -1.13. The number of rotatable bonds is 7. The first-order valence-electron chi connectivity index (χ1n) is 6.94. The lowest BCUT2D eigenvalue weighted by molar-refractivity contribution is -0.385. The average molecular weight is 316 g/mol. The van der Waals surface area contributed by atoms with Crippen LogP contribution in [0.4, 0.5) is 5.69 Å². The van der Waals surface area contributed by atoms with Crippen LogP contribution in [0.5, 0.6) is 5.75 Å². The standard InChI is InChI=1S/C14H20N2O4.ClH/c17-12(9-15-11-5-1-2-6-11)10-20-14-8-4-3-7-13(14)16(18)19;/h3-4,7-8,11-12,15,17H,1-2,5-6,9-10H2;1H/p-1. The van der Waals surface area contributed by atoms with Crippen molar-refractivity contribution in [2.24, 2.45) is 0 Å². The molecule has 1 unspecified atom stereocenters. The molecule has 0 radical (unpaired) electrons. The lowest BCUT2D eigenvalue weighted by Gasteiger charge is -2.16. The summed E-state index contributed by atoms with van der Waals surface area (Å²) < 4.78 is 5.34. The third-order valence-electron chi connectivity index (χ3n) is 3.49. The Kier molecular flexibility index (Phi) is 7.42. The Morgan fingerprint density at radius 1 is 1.38 bits per heavy atom. The third kappa shape index (κ3) is 5.49. The molecule has 0 saturated heterocycles. The normalized spacial score (nSPS) is 16.2. The quantitative estimate of drug-likeness (QED) is 0.491. The molecule has 0 bridgehead atoms. The van der Waals surface area contributed by atoms with E-state index in [2.05, 4.69) is 5.32 Å². The predicted molar refractivity (Wildman–Crippen MR) is 74.9 cm³/mol. The minimum Gasteiger partial charge on any atom is -1.00 e. The van der Waals surface area contributed by atoms with Gasteiger partial charge in [-0.3, -0.25) is 10.1 Å². The lowest BCUT2D eigenvalue weighted by Crippen LogP contribution is -3.00. The summed E-state index contributed by atoms with van der Waals surface area (Å²) in [6.07, 6.45) is 4.10. The highest BCUT2D eigenvalue weighted by molar-refractivity contribution is 5.45. The topological polar surface area (TPSA) is 84.6 Å². The zero-order chi connectivity index (χ0) is 14.4. The number of aliphatic hydroxyl groups is 1. The number of halogens is 1. The number of hydrogen-bond donors (Lipinski definition) is 2. The van der Waals surface area contributed by atoms with Crippen LogP contribution in [0.3, 0.4) is 0 Å². The molecule has 1 aliphatic rings. The molecule has 1 aromatic rings. The SMILES string of the molecule is O=[N+]([O-])c1ccccc1OCC(O)CNC1CCCC1.[Cl-]. The van der Waals surface area contributed by atoms with Gasteiger partial charge in [-0.2, -0.15) is 0 Å². The van der Waals surface area contributed by atoms with Crippen LogP contribution in [-0.4, -0.2) is 35.3 Å². The molecule has 0 heterocycles. The Morgan fingerprint density at radius 2 is 2.05 bits per heavy atom. The van der Waals surface area contributed by atoms with E-state index in [9.17, 15) is 15.2 Å². The Morgan fingerprint density at radius 3 is 2.71 bits per heavy atom. The van der Waals surface area contributed by atoms with Gasteiger partial charge in [-0.05, 0) is 18.9 Å². The van der Waals surface area contributed by atoms with E-state index in [0.29, 0.717) is 12.6 Å². The number of benzene rings is 1. The van der Waals surface area contributed by atoms with Crippen LogP contribution in [0.2, 0.25) is 0 Å². The van der Waals surface area contributed by atoms with E-state index in [4.69, 9.17) is 4.74 Å². The summed E-state index contributed by atoms with van der Waals surface area (Å²) in [6, 6.07) is 6.66. The van der Waals surface area contributed by atoms with Gasteiger partial charge in [0.25, 0.3) is 0 Å². The molecule has 0 aromatic heterocycles. The molecule has 0 amide bonds. The fourth-order valence-electron chi connectivity index (χ4n) is 2.41. The monoisotopic (exact) mass is 315 g/mol. The number of nitrogens with one attached hydrogen (secondary N) is 1. The van der Waals surface area contributed by atoms with Gasteiger partial charge in [0.1, 0.15) is 12.7 Å². The van der Waals surface area contributed by atoms with Crippen molar-refractivity contribution in [1.29, 1.82) is 0 Å². The molecule has 6 nitrogen and oxygen atoms in total. The number of hydrogen-bond acceptors (Lipinski definition) is 5. The average Bonchev–Trinajstić information content (AvgIpc) is 2.96. The van der Waals surface area contributed by atoms with Gasteiger partial charge >= 0.3 is 5.69 Å². The minimum absolute atomic E-state index is 0. The number of nitro benzene ring substituents is 1. The van der Waals surface area contributed by atoms with Crippen molar-refractivity contribution in [1.82, 2.24) is 5.32 Å². The van der Waals surface area contributed by atoms with Crippen molar-refractivity contribution < 1.29 is 27.2 Å². The zero-order valence-electron chi connectivity index (χ0n) is 11.7. The van der Waals surface area contributed by atoms with E-state index < -0.39 is 11.0 Å². The molecule has 118 valence electrons. The van der Waals surface area contributed by atoms with Crippen LogP contribution in [0, 0.1) is 10.1 Å². The van der Waals surface area contributed by atoms with E-state index in [0.717, 1.165) is 12.8 Å². The molecule has 1 fully saturated rings. The first-order chi connectivity index (χ1) is 9.66. The molecular weight excluding hydrogens is 296 g/mol. The van der Waals surface area contributed by atoms with Crippen LogP contribution < -0.4 is 22.5 Å². The lowest BCUT2D eigenvalue weighted by atomic mass is 10.2. The Bertz CT molecular complexity index is 452. The summed E-state index contributed by atoms with van der Waals surface area (Å²) in [5, 5.41) is 24.0. The molecule has 2 N–H and O–H groups in total. The summed E-state index contributed by atoms with van der Waals surface area (Å²) in [5.41, 5.74) is -0.0801. The number of nitro groups is 1. The molecule has 0 spiro atoms. The second-order valence-electron chi connectivity index (χ2n) is 5.08. The molecular formula is C14H20ClN2O4-. The molecule has 21 heavy (non-hydrogen) atoms. The van der Waals surface area contributed by atoms with Crippen LogP contribution in [-0.2, 0) is 0 Å². The van der Waals surface area contributed by atoms with Crippen molar-refractivity contribution in [3.05, 3.63) is 34.4 Å². The Labute approximate surface area is 130 Å². The van der Waals surface area contributed by atoms with Gasteiger partial charge in [0.05, 0.1) is 4.92 Å². The Hall–Kier alpha value is -1.37.